The third-order valence-corrected chi connectivity index (χ3v) is 9.76. The number of methoxy groups -OCH3 is 1. The number of benzene rings is 4. The van der Waals surface area contributed by atoms with Gasteiger partial charge in [-0.1, -0.05) is 66.2 Å². The molecule has 1 aromatic heterocycles. The molecular formula is C40H41ClN4O4. The molecule has 1 saturated heterocycles. The molecule has 1 unspecified atom stereocenters. The molecule has 252 valence electrons. The summed E-state index contributed by atoms with van der Waals surface area (Å²) in [5.41, 5.74) is 4.93. The first-order valence-corrected chi connectivity index (χ1v) is 17.1. The number of fused-ring (bicyclic) bond motifs is 1. The van der Waals surface area contributed by atoms with Crippen LogP contribution in [0.2, 0.25) is 5.02 Å². The summed E-state index contributed by atoms with van der Waals surface area (Å²) in [5.74, 6) is 0.149. The summed E-state index contributed by atoms with van der Waals surface area (Å²) in [6, 6.07) is 32.4. The molecule has 0 spiro atoms. The lowest BCUT2D eigenvalue weighted by atomic mass is 9.90. The lowest BCUT2D eigenvalue weighted by Crippen LogP contribution is -2.38. The highest BCUT2D eigenvalue weighted by Crippen LogP contribution is 2.28. The summed E-state index contributed by atoms with van der Waals surface area (Å²) in [6.45, 7) is 3.52. The van der Waals surface area contributed by atoms with E-state index in [0.717, 1.165) is 61.1 Å². The van der Waals surface area contributed by atoms with Crippen molar-refractivity contribution in [3.8, 4) is 0 Å². The molecule has 0 radical (unpaired) electrons. The molecule has 1 amide bonds. The van der Waals surface area contributed by atoms with Crippen LogP contribution in [0.15, 0.2) is 103 Å². The monoisotopic (exact) mass is 676 g/mol. The van der Waals surface area contributed by atoms with Gasteiger partial charge in [0.1, 0.15) is 0 Å². The van der Waals surface area contributed by atoms with Crippen LogP contribution in [0.5, 0.6) is 0 Å². The van der Waals surface area contributed by atoms with Crippen molar-refractivity contribution in [1.82, 2.24) is 19.4 Å². The fourth-order valence-corrected chi connectivity index (χ4v) is 6.95. The Labute approximate surface area is 292 Å². The van der Waals surface area contributed by atoms with Crippen molar-refractivity contribution in [2.45, 2.75) is 31.7 Å². The largest absolute Gasteiger partial charge is 0.465 e. The first-order valence-electron chi connectivity index (χ1n) is 16.8. The van der Waals surface area contributed by atoms with E-state index in [0.29, 0.717) is 35.1 Å². The van der Waals surface area contributed by atoms with E-state index in [1.165, 1.54) is 7.11 Å². The van der Waals surface area contributed by atoms with Gasteiger partial charge in [-0.05, 0) is 98.6 Å². The van der Waals surface area contributed by atoms with Crippen molar-refractivity contribution < 1.29 is 19.1 Å². The van der Waals surface area contributed by atoms with Gasteiger partial charge in [0.2, 0.25) is 5.78 Å². The maximum absolute atomic E-state index is 14.0. The molecule has 8 nitrogen and oxygen atoms in total. The molecule has 6 rings (SSSR count). The van der Waals surface area contributed by atoms with Crippen LogP contribution in [0.4, 0.5) is 0 Å². The quantitative estimate of drug-likeness (QED) is 0.101. The summed E-state index contributed by atoms with van der Waals surface area (Å²) in [4.78, 5) is 48.2. The summed E-state index contributed by atoms with van der Waals surface area (Å²) < 4.78 is 6.83. The number of imidazole rings is 1. The van der Waals surface area contributed by atoms with Crippen molar-refractivity contribution in [3.63, 3.8) is 0 Å². The summed E-state index contributed by atoms with van der Waals surface area (Å²) in [6.07, 6.45) is 2.37. The number of likely N-dealkylation sites (N-methyl/N-ethyl adjacent to an activating group) is 1. The summed E-state index contributed by atoms with van der Waals surface area (Å²) in [5, 5.41) is 0.683. The minimum atomic E-state index is -0.382. The Morgan fingerprint density at radius 3 is 2.33 bits per heavy atom. The third-order valence-electron chi connectivity index (χ3n) is 9.52. The van der Waals surface area contributed by atoms with Gasteiger partial charge in [0.15, 0.2) is 5.82 Å². The van der Waals surface area contributed by atoms with E-state index in [1.54, 1.807) is 17.0 Å². The van der Waals surface area contributed by atoms with Gasteiger partial charge in [0.05, 0.1) is 23.7 Å². The van der Waals surface area contributed by atoms with Gasteiger partial charge in [-0.2, -0.15) is 0 Å². The van der Waals surface area contributed by atoms with Gasteiger partial charge in [0, 0.05) is 42.6 Å². The number of ketones is 1. The second-order valence-electron chi connectivity index (χ2n) is 12.8. The number of likely N-dealkylation sites (tertiary alicyclic amines) is 1. The average molecular weight is 677 g/mol. The van der Waals surface area contributed by atoms with E-state index in [-0.39, 0.29) is 29.5 Å². The molecule has 1 aliphatic rings. The summed E-state index contributed by atoms with van der Waals surface area (Å²) in [7, 11) is 3.22. The normalized spacial score (nSPS) is 14.4. The van der Waals surface area contributed by atoms with E-state index >= 15 is 0 Å². The van der Waals surface area contributed by atoms with Crippen molar-refractivity contribution in [3.05, 3.63) is 136 Å². The molecule has 1 atom stereocenters. The zero-order valence-electron chi connectivity index (χ0n) is 27.9. The van der Waals surface area contributed by atoms with Gasteiger partial charge in [-0.3, -0.25) is 9.59 Å². The van der Waals surface area contributed by atoms with E-state index < -0.39 is 0 Å². The lowest BCUT2D eigenvalue weighted by molar-refractivity contribution is 0.0600. The number of rotatable bonds is 12. The SMILES string of the molecule is COC(=O)c1ccc(Cn2c(C(=O)C3CCN(CCC(CN(C)C(=O)c4ccccc4)c4cccc(Cl)c4)CC3)nc3ccccc32)cc1. The van der Waals surface area contributed by atoms with E-state index in [2.05, 4.69) is 11.0 Å². The van der Waals surface area contributed by atoms with Crippen LogP contribution in [-0.4, -0.2) is 77.3 Å². The Morgan fingerprint density at radius 2 is 1.61 bits per heavy atom. The van der Waals surface area contributed by atoms with Gasteiger partial charge in [-0.25, -0.2) is 9.78 Å². The fraction of sp³-hybridized carbons (Fsp3) is 0.300. The predicted octanol–water partition coefficient (Wildman–Crippen LogP) is 7.37. The first-order chi connectivity index (χ1) is 23.8. The molecule has 0 bridgehead atoms. The zero-order valence-corrected chi connectivity index (χ0v) is 28.7. The Hall–Kier alpha value is -4.79. The molecule has 0 saturated carbocycles. The van der Waals surface area contributed by atoms with Crippen LogP contribution >= 0.6 is 11.6 Å². The lowest BCUT2D eigenvalue weighted by Gasteiger charge is -2.33. The number of nitrogens with zero attached hydrogens (tertiary/aromatic N) is 4. The Balaban J connectivity index is 1.11. The van der Waals surface area contributed by atoms with Gasteiger partial charge < -0.3 is 19.1 Å². The Bertz CT molecular complexity index is 1920. The number of halogens is 1. The van der Waals surface area contributed by atoms with Gasteiger partial charge in [-0.15, -0.1) is 0 Å². The number of amides is 1. The standard InChI is InChI=1S/C40H41ClN4O4/c1-43(39(47)30-9-4-3-5-10-30)27-33(32-11-8-12-34(41)25-32)21-24-44-22-19-29(20-23-44)37(46)38-42-35-13-6-7-14-36(35)45(38)26-28-15-17-31(18-16-28)40(48)49-2/h3-18,25,29,33H,19-24,26-27H2,1-2H3. The first kappa shape index (κ1) is 34.1. The number of Topliss-reactive ketones (excluding diaryl/α,β-unsaturated/α-hetero) is 1. The molecule has 4 aromatic carbocycles. The highest BCUT2D eigenvalue weighted by molar-refractivity contribution is 6.30. The van der Waals surface area contributed by atoms with Gasteiger partial charge in [0.25, 0.3) is 5.91 Å². The fourth-order valence-electron chi connectivity index (χ4n) is 6.75. The van der Waals surface area contributed by atoms with Crippen LogP contribution in [0.3, 0.4) is 0 Å². The van der Waals surface area contributed by atoms with Crippen LogP contribution in [-0.2, 0) is 11.3 Å². The summed E-state index contributed by atoms with van der Waals surface area (Å²) >= 11 is 6.39. The van der Waals surface area contributed by atoms with E-state index in [9.17, 15) is 14.4 Å². The number of para-hydroxylation sites is 2. The number of esters is 1. The topological polar surface area (TPSA) is 84.7 Å². The number of piperidine rings is 1. The van der Waals surface area contributed by atoms with Crippen LogP contribution in [0.1, 0.15) is 67.6 Å². The minimum Gasteiger partial charge on any atom is -0.465 e. The molecule has 0 aliphatic carbocycles. The highest BCUT2D eigenvalue weighted by Gasteiger charge is 2.30. The predicted molar refractivity (Wildman–Crippen MR) is 192 cm³/mol. The number of hydrogen-bond donors (Lipinski definition) is 0. The molecule has 1 aliphatic heterocycles. The highest BCUT2D eigenvalue weighted by atomic mass is 35.5. The molecule has 1 fully saturated rings. The number of carbonyl (C=O) groups excluding carboxylic acids is 3. The van der Waals surface area contributed by atoms with E-state index in [4.69, 9.17) is 21.3 Å². The Morgan fingerprint density at radius 1 is 0.898 bits per heavy atom. The molecule has 0 N–H and O–H groups in total. The number of carbonyl (C=O) groups is 3. The number of hydrogen-bond acceptors (Lipinski definition) is 6. The van der Waals surface area contributed by atoms with Crippen molar-refractivity contribution in [1.29, 1.82) is 0 Å². The number of ether oxygens (including phenoxy) is 1. The average Bonchev–Trinajstić information content (AvgIpc) is 3.51. The van der Waals surface area contributed by atoms with E-state index in [1.807, 2.05) is 96.5 Å². The van der Waals surface area contributed by atoms with Crippen molar-refractivity contribution in [2.24, 2.45) is 5.92 Å². The van der Waals surface area contributed by atoms with Crippen LogP contribution in [0, 0.1) is 5.92 Å². The second kappa shape index (κ2) is 15.6. The maximum Gasteiger partial charge on any atom is 0.337 e. The molecule has 5 aromatic rings. The molecule has 2 heterocycles. The van der Waals surface area contributed by atoms with Crippen molar-refractivity contribution in [2.75, 3.05) is 40.3 Å². The molecular weight excluding hydrogens is 636 g/mol. The molecule has 9 heteroatoms. The Kier molecular flexibility index (Phi) is 10.9. The minimum absolute atomic E-state index is 0.00353. The maximum atomic E-state index is 14.0. The second-order valence-corrected chi connectivity index (χ2v) is 13.2. The van der Waals surface area contributed by atoms with Gasteiger partial charge >= 0.3 is 5.97 Å². The van der Waals surface area contributed by atoms with Crippen LogP contribution in [0.25, 0.3) is 11.0 Å². The molecule has 49 heavy (non-hydrogen) atoms. The third kappa shape index (κ3) is 8.10. The smallest absolute Gasteiger partial charge is 0.337 e. The zero-order chi connectivity index (χ0) is 34.3. The number of aromatic nitrogens is 2. The van der Waals surface area contributed by atoms with Crippen molar-refractivity contribution >= 4 is 40.3 Å². The van der Waals surface area contributed by atoms with Crippen LogP contribution < -0.4 is 0 Å².